The lowest BCUT2D eigenvalue weighted by Gasteiger charge is -2.23. The molecule has 2 amide bonds. The van der Waals surface area contributed by atoms with Gasteiger partial charge in [0, 0.05) is 20.7 Å². The van der Waals surface area contributed by atoms with Crippen LogP contribution in [0.4, 0.5) is 4.79 Å². The van der Waals surface area contributed by atoms with Gasteiger partial charge in [0.15, 0.2) is 5.82 Å². The zero-order valence-corrected chi connectivity index (χ0v) is 13.4. The van der Waals surface area contributed by atoms with Gasteiger partial charge in [0.25, 0.3) is 0 Å². The van der Waals surface area contributed by atoms with Crippen LogP contribution in [-0.4, -0.2) is 39.4 Å². The minimum atomic E-state index is -0.121. The molecule has 3 rings (SSSR count). The summed E-state index contributed by atoms with van der Waals surface area (Å²) < 4.78 is 12.5. The van der Waals surface area contributed by atoms with E-state index in [9.17, 15) is 4.79 Å². The van der Waals surface area contributed by atoms with Crippen molar-refractivity contribution in [3.8, 4) is 0 Å². The van der Waals surface area contributed by atoms with Gasteiger partial charge in [0.2, 0.25) is 0 Å². The molecule has 23 heavy (non-hydrogen) atoms. The average molecular weight is 319 g/mol. The lowest BCUT2D eigenvalue weighted by Crippen LogP contribution is -2.39. The number of carbonyl (C=O) groups is 1. The third-order valence-electron chi connectivity index (χ3n) is 3.86. The molecule has 1 aliphatic heterocycles. The van der Waals surface area contributed by atoms with E-state index >= 15 is 0 Å². The lowest BCUT2D eigenvalue weighted by molar-refractivity contribution is 0.156. The van der Waals surface area contributed by atoms with Gasteiger partial charge in [0.1, 0.15) is 24.5 Å². The van der Waals surface area contributed by atoms with Crippen LogP contribution in [0.3, 0.4) is 0 Å². The van der Waals surface area contributed by atoms with E-state index in [0.717, 1.165) is 24.4 Å². The summed E-state index contributed by atoms with van der Waals surface area (Å²) in [5.74, 6) is 2.17. The number of furan rings is 1. The van der Waals surface area contributed by atoms with Gasteiger partial charge in [-0.05, 0) is 25.0 Å². The van der Waals surface area contributed by atoms with Gasteiger partial charge in [-0.15, -0.1) is 0 Å². The van der Waals surface area contributed by atoms with Gasteiger partial charge >= 0.3 is 6.03 Å². The Bertz CT molecular complexity index is 666. The Kier molecular flexibility index (Phi) is 4.61. The molecule has 0 aliphatic carbocycles. The number of urea groups is 1. The number of methoxy groups -OCH3 is 1. The number of rotatable bonds is 5. The highest BCUT2D eigenvalue weighted by Gasteiger charge is 2.32. The topological polar surface area (TPSA) is 85.4 Å². The van der Waals surface area contributed by atoms with Gasteiger partial charge in [-0.1, -0.05) is 0 Å². The Labute approximate surface area is 134 Å². The predicted octanol–water partition coefficient (Wildman–Crippen LogP) is 1.60. The molecule has 1 unspecified atom stereocenters. The van der Waals surface area contributed by atoms with Gasteiger partial charge in [0.05, 0.1) is 12.6 Å². The van der Waals surface area contributed by atoms with Crippen molar-refractivity contribution in [2.45, 2.75) is 32.0 Å². The summed E-state index contributed by atoms with van der Waals surface area (Å²) in [6.45, 7) is 1.46. The number of aromatic nitrogens is 3. The molecule has 3 heterocycles. The Morgan fingerprint density at radius 1 is 1.52 bits per heavy atom. The van der Waals surface area contributed by atoms with E-state index in [1.54, 1.807) is 30.1 Å². The summed E-state index contributed by atoms with van der Waals surface area (Å²) in [6.07, 6.45) is 3.47. The van der Waals surface area contributed by atoms with Gasteiger partial charge < -0.3 is 19.4 Å². The number of nitrogens with one attached hydrogen (secondary N) is 1. The summed E-state index contributed by atoms with van der Waals surface area (Å²) in [6, 6.07) is 3.66. The number of carbonyl (C=O) groups excluding carboxylic acids is 1. The van der Waals surface area contributed by atoms with E-state index < -0.39 is 0 Å². The van der Waals surface area contributed by atoms with Crippen molar-refractivity contribution >= 4 is 6.03 Å². The highest BCUT2D eigenvalue weighted by atomic mass is 16.5. The standard InChI is InChI=1S/C15H21N5O3/c1-19-10-17-14(18-19)8-16-15(21)20-7-3-4-12(20)13-6-5-11(23-13)9-22-2/h5-6,10,12H,3-4,7-9H2,1-2H3,(H,16,21). The molecule has 0 spiro atoms. The van der Waals surface area contributed by atoms with E-state index in [1.165, 1.54) is 0 Å². The molecular formula is C15H21N5O3. The van der Waals surface area contributed by atoms with Gasteiger partial charge in [-0.25, -0.2) is 9.78 Å². The molecule has 0 aromatic carbocycles. The Balaban J connectivity index is 1.62. The second kappa shape index (κ2) is 6.82. The van der Waals surface area contributed by atoms with Crippen LogP contribution in [0.2, 0.25) is 0 Å². The second-order valence-corrected chi connectivity index (χ2v) is 5.58. The Morgan fingerprint density at radius 3 is 3.13 bits per heavy atom. The molecule has 1 aliphatic rings. The van der Waals surface area contributed by atoms with E-state index in [4.69, 9.17) is 9.15 Å². The third-order valence-corrected chi connectivity index (χ3v) is 3.86. The van der Waals surface area contributed by atoms with E-state index in [2.05, 4.69) is 15.4 Å². The maximum absolute atomic E-state index is 12.4. The maximum Gasteiger partial charge on any atom is 0.318 e. The van der Waals surface area contributed by atoms with Crippen molar-refractivity contribution in [2.75, 3.05) is 13.7 Å². The first-order valence-electron chi connectivity index (χ1n) is 7.64. The fourth-order valence-electron chi connectivity index (χ4n) is 2.82. The number of likely N-dealkylation sites (tertiary alicyclic amines) is 1. The lowest BCUT2D eigenvalue weighted by atomic mass is 10.2. The summed E-state index contributed by atoms with van der Waals surface area (Å²) >= 11 is 0. The first kappa shape index (κ1) is 15.5. The quantitative estimate of drug-likeness (QED) is 0.905. The van der Waals surface area contributed by atoms with Crippen LogP contribution in [-0.2, 0) is 24.9 Å². The number of hydrogen-bond donors (Lipinski definition) is 1. The SMILES string of the molecule is COCc1ccc(C2CCCN2C(=O)NCc2ncn(C)n2)o1. The Hall–Kier alpha value is -2.35. The minimum Gasteiger partial charge on any atom is -0.461 e. The molecule has 124 valence electrons. The highest BCUT2D eigenvalue weighted by molar-refractivity contribution is 5.74. The van der Waals surface area contributed by atoms with Crippen molar-refractivity contribution < 1.29 is 13.9 Å². The van der Waals surface area contributed by atoms with Crippen molar-refractivity contribution in [2.24, 2.45) is 7.05 Å². The molecule has 1 N–H and O–H groups in total. The van der Waals surface area contributed by atoms with Crippen LogP contribution in [0.15, 0.2) is 22.9 Å². The number of ether oxygens (including phenoxy) is 1. The largest absolute Gasteiger partial charge is 0.461 e. The maximum atomic E-state index is 12.4. The predicted molar refractivity (Wildman–Crippen MR) is 81.3 cm³/mol. The van der Waals surface area contributed by atoms with Crippen molar-refractivity contribution in [3.63, 3.8) is 0 Å². The van der Waals surface area contributed by atoms with E-state index in [-0.39, 0.29) is 12.1 Å². The number of amides is 2. The van der Waals surface area contributed by atoms with E-state index in [1.807, 2.05) is 12.1 Å². The van der Waals surface area contributed by atoms with Crippen LogP contribution in [0.5, 0.6) is 0 Å². The zero-order chi connectivity index (χ0) is 16.2. The zero-order valence-electron chi connectivity index (χ0n) is 13.4. The fourth-order valence-corrected chi connectivity index (χ4v) is 2.82. The molecule has 8 heteroatoms. The molecule has 2 aromatic heterocycles. The molecule has 8 nitrogen and oxygen atoms in total. The van der Waals surface area contributed by atoms with Gasteiger partial charge in [-0.2, -0.15) is 5.10 Å². The first-order chi connectivity index (χ1) is 11.2. The molecule has 2 aromatic rings. The van der Waals surface area contributed by atoms with E-state index in [0.29, 0.717) is 25.5 Å². The van der Waals surface area contributed by atoms with Crippen molar-refractivity contribution in [3.05, 3.63) is 35.8 Å². The average Bonchev–Trinajstić information content (AvgIpc) is 3.24. The molecule has 0 radical (unpaired) electrons. The van der Waals surface area contributed by atoms with Crippen LogP contribution in [0, 0.1) is 0 Å². The number of aryl methyl sites for hydroxylation is 1. The van der Waals surface area contributed by atoms with Crippen LogP contribution in [0.25, 0.3) is 0 Å². The van der Waals surface area contributed by atoms with Crippen LogP contribution >= 0.6 is 0 Å². The third kappa shape index (κ3) is 3.53. The molecule has 0 bridgehead atoms. The Morgan fingerprint density at radius 2 is 2.39 bits per heavy atom. The van der Waals surface area contributed by atoms with Gasteiger partial charge in [-0.3, -0.25) is 4.68 Å². The molecular weight excluding hydrogens is 298 g/mol. The van der Waals surface area contributed by atoms with Crippen molar-refractivity contribution in [1.82, 2.24) is 25.0 Å². The summed E-state index contributed by atoms with van der Waals surface area (Å²) in [5, 5.41) is 7.02. The fraction of sp³-hybridized carbons (Fsp3) is 0.533. The van der Waals surface area contributed by atoms with Crippen LogP contribution < -0.4 is 5.32 Å². The molecule has 1 saturated heterocycles. The second-order valence-electron chi connectivity index (χ2n) is 5.58. The minimum absolute atomic E-state index is 0.0303. The summed E-state index contributed by atoms with van der Waals surface area (Å²) in [7, 11) is 3.42. The summed E-state index contributed by atoms with van der Waals surface area (Å²) in [5.41, 5.74) is 0. The number of hydrogen-bond acceptors (Lipinski definition) is 5. The normalized spacial score (nSPS) is 17.7. The monoisotopic (exact) mass is 319 g/mol. The molecule has 0 saturated carbocycles. The van der Waals surface area contributed by atoms with Crippen molar-refractivity contribution in [1.29, 1.82) is 0 Å². The summed E-state index contributed by atoms with van der Waals surface area (Å²) in [4.78, 5) is 18.3. The first-order valence-corrected chi connectivity index (χ1v) is 7.64. The number of nitrogens with zero attached hydrogens (tertiary/aromatic N) is 4. The molecule has 1 fully saturated rings. The highest BCUT2D eigenvalue weighted by Crippen LogP contribution is 2.33. The smallest absolute Gasteiger partial charge is 0.318 e. The van der Waals surface area contributed by atoms with Crippen LogP contribution in [0.1, 0.15) is 36.2 Å². The molecule has 1 atom stereocenters.